The molecule has 1 saturated carbocycles. The van der Waals surface area contributed by atoms with Crippen LogP contribution in [-0.4, -0.2) is 21.5 Å². The lowest BCUT2D eigenvalue weighted by atomic mass is 9.96. The summed E-state index contributed by atoms with van der Waals surface area (Å²) in [7, 11) is 0. The summed E-state index contributed by atoms with van der Waals surface area (Å²) in [5.41, 5.74) is 6.02. The van der Waals surface area contributed by atoms with Gasteiger partial charge in [-0.15, -0.1) is 10.2 Å². The van der Waals surface area contributed by atoms with Crippen molar-refractivity contribution in [1.82, 2.24) is 10.2 Å². The molecule has 0 bridgehead atoms. The van der Waals surface area contributed by atoms with Crippen molar-refractivity contribution in [2.24, 2.45) is 5.73 Å². The van der Waals surface area contributed by atoms with Crippen molar-refractivity contribution in [3.8, 4) is 0 Å². The fourth-order valence-corrected chi connectivity index (χ4v) is 2.84. The van der Waals surface area contributed by atoms with E-state index in [1.54, 1.807) is 18.7 Å². The van der Waals surface area contributed by atoms with Crippen molar-refractivity contribution >= 4 is 11.8 Å². The Morgan fingerprint density at radius 3 is 2.79 bits per heavy atom. The van der Waals surface area contributed by atoms with E-state index in [-0.39, 0.29) is 6.04 Å². The fourth-order valence-electron chi connectivity index (χ4n) is 1.73. The number of aryl methyl sites for hydroxylation is 1. The van der Waals surface area contributed by atoms with Crippen LogP contribution in [0.4, 0.5) is 0 Å². The van der Waals surface area contributed by atoms with Crippen LogP contribution in [-0.2, 0) is 0 Å². The molecule has 0 aliphatic heterocycles. The molecule has 0 saturated heterocycles. The molecule has 0 aromatic carbocycles. The number of hydrogen-bond acceptors (Lipinski definition) is 5. The fraction of sp³-hybridized carbons (Fsp3) is 0.778. The molecule has 78 valence electrons. The van der Waals surface area contributed by atoms with E-state index in [0.29, 0.717) is 16.4 Å². The molecule has 1 aliphatic carbocycles. The van der Waals surface area contributed by atoms with Crippen LogP contribution in [0.25, 0.3) is 0 Å². The first-order chi connectivity index (χ1) is 6.75. The second-order valence-corrected chi connectivity index (χ2v) is 4.88. The predicted molar refractivity (Wildman–Crippen MR) is 55.1 cm³/mol. The number of rotatable bonds is 2. The molecule has 1 heterocycles. The lowest BCUT2D eigenvalue weighted by molar-refractivity contribution is 0.418. The highest BCUT2D eigenvalue weighted by atomic mass is 32.2. The molecule has 2 atom stereocenters. The average molecular weight is 213 g/mol. The summed E-state index contributed by atoms with van der Waals surface area (Å²) >= 11 is 1.63. The Morgan fingerprint density at radius 1 is 1.36 bits per heavy atom. The molecule has 2 rings (SSSR count). The summed E-state index contributed by atoms with van der Waals surface area (Å²) in [6.45, 7) is 1.80. The number of thioether (sulfide) groups is 1. The summed E-state index contributed by atoms with van der Waals surface area (Å²) < 4.78 is 5.32. The van der Waals surface area contributed by atoms with E-state index in [0.717, 1.165) is 12.8 Å². The van der Waals surface area contributed by atoms with Crippen LogP contribution in [0.3, 0.4) is 0 Å². The van der Waals surface area contributed by atoms with Gasteiger partial charge >= 0.3 is 0 Å². The smallest absolute Gasteiger partial charge is 0.276 e. The molecule has 14 heavy (non-hydrogen) atoms. The Morgan fingerprint density at radius 2 is 2.14 bits per heavy atom. The van der Waals surface area contributed by atoms with Gasteiger partial charge in [-0.05, 0) is 12.8 Å². The maximum atomic E-state index is 6.02. The number of nitrogens with two attached hydrogens (primary N) is 1. The van der Waals surface area contributed by atoms with Crippen LogP contribution in [0.2, 0.25) is 0 Å². The van der Waals surface area contributed by atoms with E-state index in [1.165, 1.54) is 12.8 Å². The zero-order valence-corrected chi connectivity index (χ0v) is 9.09. The SMILES string of the molecule is Cc1nnc(SC2CCCCC2N)o1. The van der Waals surface area contributed by atoms with Gasteiger partial charge in [-0.2, -0.15) is 0 Å². The summed E-state index contributed by atoms with van der Waals surface area (Å²) in [6.07, 6.45) is 4.79. The molecule has 0 spiro atoms. The van der Waals surface area contributed by atoms with Crippen molar-refractivity contribution in [2.45, 2.75) is 49.1 Å². The van der Waals surface area contributed by atoms with Gasteiger partial charge in [0.05, 0.1) is 0 Å². The second kappa shape index (κ2) is 4.31. The molecular weight excluding hydrogens is 198 g/mol. The van der Waals surface area contributed by atoms with Gasteiger partial charge in [0.1, 0.15) is 0 Å². The third kappa shape index (κ3) is 2.27. The Hall–Kier alpha value is -0.550. The van der Waals surface area contributed by atoms with Gasteiger partial charge < -0.3 is 10.2 Å². The highest BCUT2D eigenvalue weighted by molar-refractivity contribution is 7.99. The van der Waals surface area contributed by atoms with Crippen molar-refractivity contribution in [1.29, 1.82) is 0 Å². The van der Waals surface area contributed by atoms with Crippen molar-refractivity contribution < 1.29 is 4.42 Å². The van der Waals surface area contributed by atoms with Gasteiger partial charge in [0.25, 0.3) is 5.22 Å². The number of nitrogens with zero attached hydrogens (tertiary/aromatic N) is 2. The van der Waals surface area contributed by atoms with Crippen molar-refractivity contribution in [2.75, 3.05) is 0 Å². The molecule has 2 unspecified atom stereocenters. The normalized spacial score (nSPS) is 27.9. The largest absolute Gasteiger partial charge is 0.416 e. The van der Waals surface area contributed by atoms with Gasteiger partial charge in [-0.25, -0.2) is 0 Å². The third-order valence-corrected chi connectivity index (χ3v) is 3.77. The van der Waals surface area contributed by atoms with Crippen LogP contribution < -0.4 is 5.73 Å². The third-order valence-electron chi connectivity index (χ3n) is 2.51. The van der Waals surface area contributed by atoms with E-state index in [4.69, 9.17) is 10.2 Å². The van der Waals surface area contributed by atoms with Crippen LogP contribution >= 0.6 is 11.8 Å². The molecule has 1 aliphatic rings. The minimum absolute atomic E-state index is 0.279. The predicted octanol–water partition coefficient (Wildman–Crippen LogP) is 1.74. The zero-order valence-electron chi connectivity index (χ0n) is 8.27. The molecule has 1 aromatic rings. The summed E-state index contributed by atoms with van der Waals surface area (Å²) in [5.74, 6) is 0.622. The first kappa shape index (κ1) is 9.98. The van der Waals surface area contributed by atoms with Crippen molar-refractivity contribution in [3.63, 3.8) is 0 Å². The van der Waals surface area contributed by atoms with E-state index in [2.05, 4.69) is 10.2 Å². The summed E-state index contributed by atoms with van der Waals surface area (Å²) in [6, 6.07) is 0.279. The minimum Gasteiger partial charge on any atom is -0.416 e. The van der Waals surface area contributed by atoms with Gasteiger partial charge in [-0.1, -0.05) is 24.6 Å². The first-order valence-electron chi connectivity index (χ1n) is 4.98. The van der Waals surface area contributed by atoms with E-state index in [1.807, 2.05) is 0 Å². The first-order valence-corrected chi connectivity index (χ1v) is 5.86. The van der Waals surface area contributed by atoms with Gasteiger partial charge in [0.2, 0.25) is 5.89 Å². The topological polar surface area (TPSA) is 64.9 Å². The van der Waals surface area contributed by atoms with Crippen LogP contribution in [0.1, 0.15) is 31.6 Å². The standard InChI is InChI=1S/C9H15N3OS/c1-6-11-12-9(13-6)14-8-5-3-2-4-7(8)10/h7-8H,2-5,10H2,1H3. The molecule has 1 aromatic heterocycles. The Kier molecular flexibility index (Phi) is 3.08. The maximum absolute atomic E-state index is 6.02. The van der Waals surface area contributed by atoms with Crippen LogP contribution in [0.5, 0.6) is 0 Å². The zero-order chi connectivity index (χ0) is 9.97. The Balaban J connectivity index is 1.95. The highest BCUT2D eigenvalue weighted by Gasteiger charge is 2.24. The van der Waals surface area contributed by atoms with Crippen LogP contribution in [0.15, 0.2) is 9.64 Å². The molecular formula is C9H15N3OS. The van der Waals surface area contributed by atoms with Gasteiger partial charge in [0, 0.05) is 18.2 Å². The molecule has 4 nitrogen and oxygen atoms in total. The average Bonchev–Trinajstić information content (AvgIpc) is 2.56. The highest BCUT2D eigenvalue weighted by Crippen LogP contribution is 2.32. The van der Waals surface area contributed by atoms with Crippen molar-refractivity contribution in [3.05, 3.63) is 5.89 Å². The number of aromatic nitrogens is 2. The van der Waals surface area contributed by atoms with E-state index in [9.17, 15) is 0 Å². The molecule has 0 amide bonds. The Bertz CT molecular complexity index is 302. The summed E-state index contributed by atoms with van der Waals surface area (Å²) in [5, 5.41) is 8.87. The molecule has 0 radical (unpaired) electrons. The monoisotopic (exact) mass is 213 g/mol. The van der Waals surface area contributed by atoms with Gasteiger partial charge in [-0.3, -0.25) is 0 Å². The maximum Gasteiger partial charge on any atom is 0.276 e. The van der Waals surface area contributed by atoms with E-state index >= 15 is 0 Å². The molecule has 2 N–H and O–H groups in total. The molecule has 1 fully saturated rings. The lowest BCUT2D eigenvalue weighted by Crippen LogP contribution is -2.35. The minimum atomic E-state index is 0.279. The molecule has 5 heteroatoms. The Labute approximate surface area is 87.6 Å². The second-order valence-electron chi connectivity index (χ2n) is 3.69. The quantitative estimate of drug-likeness (QED) is 0.810. The van der Waals surface area contributed by atoms with Crippen LogP contribution in [0, 0.1) is 6.92 Å². The van der Waals surface area contributed by atoms with Gasteiger partial charge in [0.15, 0.2) is 0 Å². The lowest BCUT2D eigenvalue weighted by Gasteiger charge is -2.26. The summed E-state index contributed by atoms with van der Waals surface area (Å²) in [4.78, 5) is 0. The van der Waals surface area contributed by atoms with E-state index < -0.39 is 0 Å². The number of hydrogen-bond donors (Lipinski definition) is 1.